The molecule has 0 N–H and O–H groups in total. The number of rotatable bonds is 5. The molecule has 3 heterocycles. The third-order valence-corrected chi connectivity index (χ3v) is 5.07. The average Bonchev–Trinajstić information content (AvgIpc) is 3.33. The Morgan fingerprint density at radius 3 is 2.76 bits per heavy atom. The smallest absolute Gasteiger partial charge is 0.250 e. The SMILES string of the molecule is Fc1ccccc1-c1nnc(CCc2nc(-c3cc(Br)cs3)no2)o1. The first-order valence-electron chi connectivity index (χ1n) is 7.33. The molecule has 0 aliphatic heterocycles. The number of thiophene rings is 1. The number of hydrogen-bond donors (Lipinski definition) is 0. The highest BCUT2D eigenvalue weighted by Gasteiger charge is 2.15. The van der Waals surface area contributed by atoms with E-state index in [-0.39, 0.29) is 11.5 Å². The van der Waals surface area contributed by atoms with E-state index in [1.165, 1.54) is 17.4 Å². The van der Waals surface area contributed by atoms with Crippen molar-refractivity contribution in [1.82, 2.24) is 20.3 Å². The van der Waals surface area contributed by atoms with Gasteiger partial charge in [-0.05, 0) is 34.1 Å². The molecule has 0 atom stereocenters. The van der Waals surface area contributed by atoms with Crippen molar-refractivity contribution in [2.24, 2.45) is 0 Å². The lowest BCUT2D eigenvalue weighted by atomic mass is 10.2. The highest BCUT2D eigenvalue weighted by Crippen LogP contribution is 2.28. The molecule has 0 aliphatic rings. The van der Waals surface area contributed by atoms with Crippen molar-refractivity contribution in [3.8, 4) is 22.2 Å². The van der Waals surface area contributed by atoms with Gasteiger partial charge in [-0.3, -0.25) is 0 Å². The van der Waals surface area contributed by atoms with E-state index < -0.39 is 5.82 Å². The summed E-state index contributed by atoms with van der Waals surface area (Å²) < 4.78 is 25.5. The lowest BCUT2D eigenvalue weighted by Crippen LogP contribution is -1.92. The molecule has 4 aromatic rings. The fourth-order valence-corrected chi connectivity index (χ4v) is 3.55. The van der Waals surface area contributed by atoms with Crippen molar-refractivity contribution in [1.29, 1.82) is 0 Å². The normalized spacial score (nSPS) is 11.1. The van der Waals surface area contributed by atoms with Gasteiger partial charge in [0.15, 0.2) is 0 Å². The van der Waals surface area contributed by atoms with Crippen LogP contribution in [0.4, 0.5) is 4.39 Å². The lowest BCUT2D eigenvalue weighted by molar-refractivity contribution is 0.373. The van der Waals surface area contributed by atoms with E-state index >= 15 is 0 Å². The molecule has 0 amide bonds. The minimum absolute atomic E-state index is 0.155. The fraction of sp³-hybridized carbons (Fsp3) is 0.125. The Morgan fingerprint density at radius 2 is 1.96 bits per heavy atom. The topological polar surface area (TPSA) is 77.8 Å². The predicted molar refractivity (Wildman–Crippen MR) is 92.4 cm³/mol. The molecular weight excluding hydrogens is 411 g/mol. The van der Waals surface area contributed by atoms with Crippen LogP contribution in [0.3, 0.4) is 0 Å². The van der Waals surface area contributed by atoms with Crippen LogP contribution < -0.4 is 0 Å². The molecule has 0 spiro atoms. The van der Waals surface area contributed by atoms with Crippen LogP contribution in [-0.2, 0) is 12.8 Å². The molecule has 9 heteroatoms. The Balaban J connectivity index is 1.44. The summed E-state index contributed by atoms with van der Waals surface area (Å²) in [4.78, 5) is 5.27. The van der Waals surface area contributed by atoms with Crippen LogP contribution in [-0.4, -0.2) is 20.3 Å². The number of aromatic nitrogens is 4. The van der Waals surface area contributed by atoms with Gasteiger partial charge in [0, 0.05) is 22.7 Å². The molecule has 126 valence electrons. The molecule has 0 bridgehead atoms. The van der Waals surface area contributed by atoms with Gasteiger partial charge in [-0.25, -0.2) is 4.39 Å². The molecule has 0 unspecified atom stereocenters. The van der Waals surface area contributed by atoms with Gasteiger partial charge >= 0.3 is 0 Å². The van der Waals surface area contributed by atoms with Crippen LogP contribution in [0.25, 0.3) is 22.2 Å². The molecule has 6 nitrogen and oxygen atoms in total. The second-order valence-corrected chi connectivity index (χ2v) is 6.95. The van der Waals surface area contributed by atoms with Crippen LogP contribution in [0.1, 0.15) is 11.8 Å². The van der Waals surface area contributed by atoms with Crippen molar-refractivity contribution in [3.05, 3.63) is 57.8 Å². The summed E-state index contributed by atoms with van der Waals surface area (Å²) in [6.45, 7) is 0. The molecule has 0 saturated heterocycles. The monoisotopic (exact) mass is 420 g/mol. The lowest BCUT2D eigenvalue weighted by Gasteiger charge is -1.95. The van der Waals surface area contributed by atoms with E-state index in [4.69, 9.17) is 8.94 Å². The van der Waals surface area contributed by atoms with E-state index in [0.29, 0.717) is 30.4 Å². The van der Waals surface area contributed by atoms with E-state index in [0.717, 1.165) is 9.35 Å². The van der Waals surface area contributed by atoms with Gasteiger partial charge in [0.2, 0.25) is 17.6 Å². The van der Waals surface area contributed by atoms with Gasteiger partial charge in [-0.1, -0.05) is 17.3 Å². The van der Waals surface area contributed by atoms with Gasteiger partial charge in [-0.2, -0.15) is 4.98 Å². The van der Waals surface area contributed by atoms with Gasteiger partial charge in [-0.15, -0.1) is 21.5 Å². The number of nitrogens with zero attached hydrogens (tertiary/aromatic N) is 4. The first-order valence-corrected chi connectivity index (χ1v) is 9.00. The van der Waals surface area contributed by atoms with E-state index in [1.807, 2.05) is 11.4 Å². The molecule has 0 radical (unpaired) electrons. The van der Waals surface area contributed by atoms with Gasteiger partial charge in [0.05, 0.1) is 10.4 Å². The van der Waals surface area contributed by atoms with Crippen molar-refractivity contribution in [2.45, 2.75) is 12.8 Å². The summed E-state index contributed by atoms with van der Waals surface area (Å²) >= 11 is 4.92. The Morgan fingerprint density at radius 1 is 1.12 bits per heavy atom. The van der Waals surface area contributed by atoms with Crippen LogP contribution in [0.5, 0.6) is 0 Å². The quantitative estimate of drug-likeness (QED) is 0.471. The van der Waals surface area contributed by atoms with Crippen LogP contribution >= 0.6 is 27.3 Å². The Kier molecular flexibility index (Phi) is 4.41. The zero-order valence-electron chi connectivity index (χ0n) is 12.6. The van der Waals surface area contributed by atoms with Gasteiger partial charge < -0.3 is 8.94 Å². The van der Waals surface area contributed by atoms with Gasteiger partial charge in [0.25, 0.3) is 5.89 Å². The van der Waals surface area contributed by atoms with E-state index in [9.17, 15) is 4.39 Å². The predicted octanol–water partition coefficient (Wildman–Crippen LogP) is 4.53. The highest BCUT2D eigenvalue weighted by molar-refractivity contribution is 9.10. The maximum Gasteiger partial charge on any atom is 0.250 e. The summed E-state index contributed by atoms with van der Waals surface area (Å²) in [7, 11) is 0. The van der Waals surface area contributed by atoms with Crippen molar-refractivity contribution in [3.63, 3.8) is 0 Å². The molecule has 4 rings (SSSR count). The number of hydrogen-bond acceptors (Lipinski definition) is 7. The van der Waals surface area contributed by atoms with Crippen molar-refractivity contribution < 1.29 is 13.3 Å². The third-order valence-electron chi connectivity index (χ3n) is 3.38. The summed E-state index contributed by atoms with van der Waals surface area (Å²) in [5, 5.41) is 13.7. The minimum atomic E-state index is -0.402. The second kappa shape index (κ2) is 6.85. The van der Waals surface area contributed by atoms with E-state index in [2.05, 4.69) is 36.3 Å². The maximum atomic E-state index is 13.7. The molecule has 0 fully saturated rings. The maximum absolute atomic E-state index is 13.7. The second-order valence-electron chi connectivity index (χ2n) is 5.12. The Bertz CT molecular complexity index is 1010. The average molecular weight is 421 g/mol. The zero-order valence-corrected chi connectivity index (χ0v) is 15.1. The van der Waals surface area contributed by atoms with Crippen LogP contribution in [0.2, 0.25) is 0 Å². The number of halogens is 2. The summed E-state index contributed by atoms with van der Waals surface area (Å²) in [6, 6.07) is 8.19. The molecule has 0 saturated carbocycles. The molecule has 3 aromatic heterocycles. The van der Waals surface area contributed by atoms with Crippen molar-refractivity contribution in [2.75, 3.05) is 0 Å². The number of aryl methyl sites for hydroxylation is 2. The van der Waals surface area contributed by atoms with Crippen molar-refractivity contribution >= 4 is 27.3 Å². The number of benzene rings is 1. The third kappa shape index (κ3) is 3.52. The Hall–Kier alpha value is -2.39. The molecule has 1 aromatic carbocycles. The Labute approximate surface area is 153 Å². The van der Waals surface area contributed by atoms with Crippen LogP contribution in [0.15, 0.2) is 49.1 Å². The molecule has 0 aliphatic carbocycles. The zero-order chi connectivity index (χ0) is 17.2. The highest BCUT2D eigenvalue weighted by atomic mass is 79.9. The molecule has 25 heavy (non-hydrogen) atoms. The summed E-state index contributed by atoms with van der Waals surface area (Å²) in [6.07, 6.45) is 0.885. The minimum Gasteiger partial charge on any atom is -0.421 e. The van der Waals surface area contributed by atoms with E-state index in [1.54, 1.807) is 18.2 Å². The molecular formula is C16H10BrFN4O2S. The standard InChI is InChI=1S/C16H10BrFN4O2S/c17-9-7-12(25-8-9)15-19-13(24-22-15)5-6-14-20-21-16(23-14)10-3-1-2-4-11(10)18/h1-4,7-8H,5-6H2. The van der Waals surface area contributed by atoms with Crippen LogP contribution in [0, 0.1) is 5.82 Å². The first kappa shape index (κ1) is 16.1. The van der Waals surface area contributed by atoms with Gasteiger partial charge in [0.1, 0.15) is 5.82 Å². The summed E-state index contributed by atoms with van der Waals surface area (Å²) in [5.74, 6) is 1.16. The fourth-order valence-electron chi connectivity index (χ4n) is 2.20. The largest absolute Gasteiger partial charge is 0.421 e. The summed E-state index contributed by atoms with van der Waals surface area (Å²) in [5.41, 5.74) is 0.282. The first-order chi connectivity index (χ1) is 12.2.